The van der Waals surface area contributed by atoms with E-state index in [1.165, 1.54) is 19.6 Å². The van der Waals surface area contributed by atoms with Gasteiger partial charge < -0.3 is 14.2 Å². The fraction of sp³-hybridized carbons (Fsp3) is 0.263. The van der Waals surface area contributed by atoms with Gasteiger partial charge in [0.15, 0.2) is 9.84 Å². The summed E-state index contributed by atoms with van der Waals surface area (Å²) in [6.45, 7) is 2.39. The Morgan fingerprint density at radius 3 is 2.12 bits per heavy atom. The Kier molecular flexibility index (Phi) is 6.47. The van der Waals surface area contributed by atoms with Crippen LogP contribution in [0.2, 0.25) is 0 Å². The normalized spacial score (nSPS) is 11.5. The summed E-state index contributed by atoms with van der Waals surface area (Å²) >= 11 is 0. The molecule has 0 amide bonds. The van der Waals surface area contributed by atoms with Gasteiger partial charge in [0, 0.05) is 11.0 Å². The Labute approximate surface area is 148 Å². The maximum Gasteiger partial charge on any atom is 0.176 e. The first kappa shape index (κ1) is 18.9. The number of hydrogen-bond acceptors (Lipinski definition) is 5. The molecule has 0 aliphatic heterocycles. The summed E-state index contributed by atoms with van der Waals surface area (Å²) in [5.74, 6) is 1.39. The van der Waals surface area contributed by atoms with Crippen molar-refractivity contribution in [3.8, 4) is 17.2 Å². The highest BCUT2D eigenvalue weighted by molar-refractivity contribution is 7.93. The van der Waals surface area contributed by atoms with Gasteiger partial charge in [0.1, 0.15) is 17.2 Å². The number of rotatable bonds is 8. The SMILES string of the molecule is CCOc1ccccc1/C=C/S(=O)(=O)Cc1c(OC)cccc1OC. The number of hydrogen-bond donors (Lipinski definition) is 0. The second-order valence-corrected chi connectivity index (χ2v) is 7.11. The Morgan fingerprint density at radius 2 is 1.52 bits per heavy atom. The van der Waals surface area contributed by atoms with E-state index in [4.69, 9.17) is 14.2 Å². The summed E-state index contributed by atoms with van der Waals surface area (Å²) in [4.78, 5) is 0. The molecule has 0 fully saturated rings. The molecule has 0 unspecified atom stereocenters. The third-order valence-corrected chi connectivity index (χ3v) is 4.79. The van der Waals surface area contributed by atoms with Crippen molar-refractivity contribution >= 4 is 15.9 Å². The van der Waals surface area contributed by atoms with Gasteiger partial charge in [0.25, 0.3) is 0 Å². The Morgan fingerprint density at radius 1 is 0.920 bits per heavy atom. The summed E-state index contributed by atoms with van der Waals surface area (Å²) in [6, 6.07) is 12.5. The number of methoxy groups -OCH3 is 2. The van der Waals surface area contributed by atoms with Crippen LogP contribution in [0.3, 0.4) is 0 Å². The molecule has 0 saturated heterocycles. The molecule has 0 aliphatic rings. The van der Waals surface area contributed by atoms with Crippen molar-refractivity contribution in [3.05, 3.63) is 59.0 Å². The molecule has 0 radical (unpaired) electrons. The zero-order chi connectivity index (χ0) is 18.3. The molecule has 6 heteroatoms. The zero-order valence-electron chi connectivity index (χ0n) is 14.6. The van der Waals surface area contributed by atoms with Crippen LogP contribution in [0.4, 0.5) is 0 Å². The predicted octanol–water partition coefficient (Wildman–Crippen LogP) is 3.69. The van der Waals surface area contributed by atoms with Crippen molar-refractivity contribution in [1.82, 2.24) is 0 Å². The molecule has 5 nitrogen and oxygen atoms in total. The Bertz CT molecular complexity index is 818. The maximum atomic E-state index is 12.5. The van der Waals surface area contributed by atoms with Crippen LogP contribution >= 0.6 is 0 Å². The second-order valence-electron chi connectivity index (χ2n) is 5.22. The minimum atomic E-state index is -3.53. The largest absolute Gasteiger partial charge is 0.496 e. The Hall–Kier alpha value is -2.47. The van der Waals surface area contributed by atoms with E-state index in [0.29, 0.717) is 35.0 Å². The standard InChI is InChI=1S/C19H22O5S/c1-4-24-17-9-6-5-8-15(17)12-13-25(20,21)14-16-18(22-2)10-7-11-19(16)23-3/h5-13H,4,14H2,1-3H3/b13-12+. The third kappa shape index (κ3) is 5.00. The monoisotopic (exact) mass is 362 g/mol. The molecule has 25 heavy (non-hydrogen) atoms. The van der Waals surface area contributed by atoms with Crippen molar-refractivity contribution in [2.75, 3.05) is 20.8 Å². The van der Waals surface area contributed by atoms with Gasteiger partial charge in [-0.3, -0.25) is 0 Å². The molecule has 0 aromatic heterocycles. The number of benzene rings is 2. The molecular weight excluding hydrogens is 340 g/mol. The van der Waals surface area contributed by atoms with Crippen LogP contribution in [0, 0.1) is 0 Å². The quantitative estimate of drug-likeness (QED) is 0.717. The highest BCUT2D eigenvalue weighted by Gasteiger charge is 2.17. The summed E-state index contributed by atoms with van der Waals surface area (Å²) in [7, 11) is -0.528. The van der Waals surface area contributed by atoms with Gasteiger partial charge in [0.2, 0.25) is 0 Å². The van der Waals surface area contributed by atoms with E-state index in [9.17, 15) is 8.42 Å². The van der Waals surface area contributed by atoms with Crippen molar-refractivity contribution in [2.24, 2.45) is 0 Å². The predicted molar refractivity (Wildman–Crippen MR) is 98.8 cm³/mol. The van der Waals surface area contributed by atoms with Gasteiger partial charge in [-0.25, -0.2) is 8.42 Å². The van der Waals surface area contributed by atoms with E-state index in [2.05, 4.69) is 0 Å². The fourth-order valence-corrected chi connectivity index (χ4v) is 3.54. The van der Waals surface area contributed by atoms with E-state index >= 15 is 0 Å². The average molecular weight is 362 g/mol. The lowest BCUT2D eigenvalue weighted by Crippen LogP contribution is -2.04. The molecule has 2 rings (SSSR count). The average Bonchev–Trinajstić information content (AvgIpc) is 2.61. The highest BCUT2D eigenvalue weighted by atomic mass is 32.2. The van der Waals surface area contributed by atoms with Crippen LogP contribution in [0.25, 0.3) is 6.08 Å². The number of ether oxygens (including phenoxy) is 3. The third-order valence-electron chi connectivity index (χ3n) is 3.55. The molecule has 134 valence electrons. The van der Waals surface area contributed by atoms with Crippen LogP contribution in [-0.4, -0.2) is 29.2 Å². The van der Waals surface area contributed by atoms with Gasteiger partial charge in [-0.15, -0.1) is 0 Å². The second kappa shape index (κ2) is 8.58. The first-order valence-electron chi connectivity index (χ1n) is 7.83. The van der Waals surface area contributed by atoms with Gasteiger partial charge in [0.05, 0.1) is 32.1 Å². The molecule has 0 atom stereocenters. The maximum absolute atomic E-state index is 12.5. The summed E-state index contributed by atoms with van der Waals surface area (Å²) in [5, 5.41) is 1.19. The molecule has 0 bridgehead atoms. The van der Waals surface area contributed by atoms with Crippen LogP contribution in [0.5, 0.6) is 17.2 Å². The lowest BCUT2D eigenvalue weighted by molar-refractivity contribution is 0.339. The molecule has 0 heterocycles. The summed E-state index contributed by atoms with van der Waals surface area (Å²) < 4.78 is 41.1. The van der Waals surface area contributed by atoms with E-state index in [-0.39, 0.29) is 5.75 Å². The van der Waals surface area contributed by atoms with Gasteiger partial charge in [-0.1, -0.05) is 24.3 Å². The first-order valence-corrected chi connectivity index (χ1v) is 9.54. The van der Waals surface area contributed by atoms with E-state index in [1.54, 1.807) is 36.4 Å². The fourth-order valence-electron chi connectivity index (χ4n) is 2.40. The van der Waals surface area contributed by atoms with Gasteiger partial charge >= 0.3 is 0 Å². The molecule has 2 aromatic carbocycles. The van der Waals surface area contributed by atoms with E-state index in [0.717, 1.165) is 0 Å². The van der Waals surface area contributed by atoms with Crippen LogP contribution in [-0.2, 0) is 15.6 Å². The molecule has 0 aliphatic carbocycles. The van der Waals surface area contributed by atoms with Crippen LogP contribution in [0.15, 0.2) is 47.9 Å². The van der Waals surface area contributed by atoms with Crippen LogP contribution < -0.4 is 14.2 Å². The smallest absolute Gasteiger partial charge is 0.176 e. The van der Waals surface area contributed by atoms with Crippen molar-refractivity contribution in [2.45, 2.75) is 12.7 Å². The minimum Gasteiger partial charge on any atom is -0.496 e. The lowest BCUT2D eigenvalue weighted by atomic mass is 10.2. The first-order chi connectivity index (χ1) is 12.0. The molecule has 0 N–H and O–H groups in total. The van der Waals surface area contributed by atoms with Gasteiger partial charge in [-0.05, 0) is 31.2 Å². The summed E-state index contributed by atoms with van der Waals surface area (Å²) in [5.41, 5.74) is 1.20. The summed E-state index contributed by atoms with van der Waals surface area (Å²) in [6.07, 6.45) is 1.54. The molecule has 0 spiro atoms. The molecule has 2 aromatic rings. The lowest BCUT2D eigenvalue weighted by Gasteiger charge is -2.12. The minimum absolute atomic E-state index is 0.215. The van der Waals surface area contributed by atoms with Crippen molar-refractivity contribution in [3.63, 3.8) is 0 Å². The zero-order valence-corrected chi connectivity index (χ0v) is 15.4. The van der Waals surface area contributed by atoms with E-state index < -0.39 is 9.84 Å². The van der Waals surface area contributed by atoms with Crippen molar-refractivity contribution < 1.29 is 22.6 Å². The molecular formula is C19H22O5S. The van der Waals surface area contributed by atoms with E-state index in [1.807, 2.05) is 19.1 Å². The number of para-hydroxylation sites is 1. The highest BCUT2D eigenvalue weighted by Crippen LogP contribution is 2.30. The topological polar surface area (TPSA) is 61.8 Å². The van der Waals surface area contributed by atoms with Gasteiger partial charge in [-0.2, -0.15) is 0 Å². The number of sulfone groups is 1. The van der Waals surface area contributed by atoms with Crippen molar-refractivity contribution in [1.29, 1.82) is 0 Å². The molecule has 0 saturated carbocycles. The Balaban J connectivity index is 2.30. The van der Waals surface area contributed by atoms with Crippen LogP contribution in [0.1, 0.15) is 18.1 Å².